The van der Waals surface area contributed by atoms with Gasteiger partial charge in [0.1, 0.15) is 0 Å². The number of fused-ring (bicyclic) bond motifs is 1. The summed E-state index contributed by atoms with van der Waals surface area (Å²) in [4.78, 5) is 18.8. The van der Waals surface area contributed by atoms with Gasteiger partial charge in [0.15, 0.2) is 11.6 Å². The molecule has 0 aliphatic carbocycles. The first-order valence-corrected chi connectivity index (χ1v) is 7.32. The molecular formula is C15H17N3O4. The molecule has 2 atom stereocenters. The Bertz CT molecular complexity index is 722. The normalized spacial score (nSPS) is 27.4. The van der Waals surface area contributed by atoms with Gasteiger partial charge >= 0.3 is 0 Å². The SMILES string of the molecule is Cc1noc([C@]23COC[C@H]2CN(C(=O)c2occc2C)C3)n1. The van der Waals surface area contributed by atoms with Crippen molar-refractivity contribution in [2.75, 3.05) is 26.3 Å². The van der Waals surface area contributed by atoms with Crippen molar-refractivity contribution >= 4 is 5.91 Å². The van der Waals surface area contributed by atoms with E-state index in [-0.39, 0.29) is 11.8 Å². The number of aromatic nitrogens is 2. The number of amides is 1. The van der Waals surface area contributed by atoms with Crippen molar-refractivity contribution in [3.05, 3.63) is 35.4 Å². The van der Waals surface area contributed by atoms with E-state index in [9.17, 15) is 4.79 Å². The summed E-state index contributed by atoms with van der Waals surface area (Å²) >= 11 is 0. The van der Waals surface area contributed by atoms with E-state index in [2.05, 4.69) is 10.1 Å². The van der Waals surface area contributed by atoms with Crippen LogP contribution in [0.4, 0.5) is 0 Å². The average Bonchev–Trinajstić information content (AvgIpc) is 3.19. The lowest BCUT2D eigenvalue weighted by atomic mass is 9.81. The lowest BCUT2D eigenvalue weighted by Gasteiger charge is -2.22. The number of likely N-dealkylation sites (tertiary alicyclic amines) is 1. The van der Waals surface area contributed by atoms with Gasteiger partial charge in [0.05, 0.1) is 24.9 Å². The highest BCUT2D eigenvalue weighted by atomic mass is 16.5. The molecule has 2 fully saturated rings. The number of aryl methyl sites for hydroxylation is 2. The average molecular weight is 303 g/mol. The third-order valence-electron chi connectivity index (χ3n) is 4.67. The summed E-state index contributed by atoms with van der Waals surface area (Å²) in [5.74, 6) is 1.65. The van der Waals surface area contributed by atoms with E-state index in [1.807, 2.05) is 6.92 Å². The van der Waals surface area contributed by atoms with E-state index in [0.29, 0.717) is 43.8 Å². The van der Waals surface area contributed by atoms with E-state index in [1.54, 1.807) is 24.2 Å². The predicted molar refractivity (Wildman–Crippen MR) is 74.4 cm³/mol. The molecule has 2 aliphatic rings. The Hall–Kier alpha value is -2.15. The van der Waals surface area contributed by atoms with Crippen LogP contribution in [0.15, 0.2) is 21.3 Å². The second kappa shape index (κ2) is 4.67. The maximum absolute atomic E-state index is 12.7. The number of carbonyl (C=O) groups excluding carboxylic acids is 1. The Morgan fingerprint density at radius 3 is 3.00 bits per heavy atom. The van der Waals surface area contributed by atoms with Gasteiger partial charge in [0, 0.05) is 24.6 Å². The molecule has 2 saturated heterocycles. The van der Waals surface area contributed by atoms with Crippen LogP contribution in [0.3, 0.4) is 0 Å². The van der Waals surface area contributed by atoms with Crippen molar-refractivity contribution in [2.24, 2.45) is 5.92 Å². The summed E-state index contributed by atoms with van der Waals surface area (Å²) in [6.07, 6.45) is 1.54. The number of furan rings is 1. The first-order chi connectivity index (χ1) is 10.6. The monoisotopic (exact) mass is 303 g/mol. The summed E-state index contributed by atoms with van der Waals surface area (Å²) in [6.45, 7) is 5.88. The molecule has 7 heteroatoms. The maximum atomic E-state index is 12.7. The van der Waals surface area contributed by atoms with Crippen LogP contribution in [0.2, 0.25) is 0 Å². The summed E-state index contributed by atoms with van der Waals surface area (Å²) in [7, 11) is 0. The van der Waals surface area contributed by atoms with Gasteiger partial charge in [-0.2, -0.15) is 4.98 Å². The molecule has 0 N–H and O–H groups in total. The third-order valence-corrected chi connectivity index (χ3v) is 4.67. The lowest BCUT2D eigenvalue weighted by molar-refractivity contribution is 0.0705. The van der Waals surface area contributed by atoms with Crippen molar-refractivity contribution in [3.63, 3.8) is 0 Å². The number of rotatable bonds is 2. The van der Waals surface area contributed by atoms with Crippen LogP contribution in [0.25, 0.3) is 0 Å². The summed E-state index contributed by atoms with van der Waals surface area (Å²) in [5, 5.41) is 3.89. The summed E-state index contributed by atoms with van der Waals surface area (Å²) in [5.41, 5.74) is 0.457. The number of nitrogens with zero attached hydrogens (tertiary/aromatic N) is 3. The Balaban J connectivity index is 1.65. The highest BCUT2D eigenvalue weighted by molar-refractivity contribution is 5.93. The second-order valence-corrected chi connectivity index (χ2v) is 6.13. The van der Waals surface area contributed by atoms with E-state index >= 15 is 0 Å². The standard InChI is InChI=1S/C15H17N3O4/c1-9-3-4-21-12(9)13(19)18-5-11-6-20-8-15(11,7-18)14-16-10(2)17-22-14/h3-4,11H,5-8H2,1-2H3/t11-,15-/m1/s1. The molecule has 116 valence electrons. The highest BCUT2D eigenvalue weighted by Gasteiger charge is 2.56. The minimum absolute atomic E-state index is 0.0903. The number of ether oxygens (including phenoxy) is 1. The minimum Gasteiger partial charge on any atom is -0.459 e. The Morgan fingerprint density at radius 2 is 2.32 bits per heavy atom. The van der Waals surface area contributed by atoms with Crippen molar-refractivity contribution < 1.29 is 18.5 Å². The first kappa shape index (κ1) is 13.5. The van der Waals surface area contributed by atoms with Gasteiger partial charge < -0.3 is 18.6 Å². The Kier molecular flexibility index (Phi) is 2.87. The number of hydrogen-bond acceptors (Lipinski definition) is 6. The molecule has 0 aromatic carbocycles. The summed E-state index contributed by atoms with van der Waals surface area (Å²) < 4.78 is 16.4. The van der Waals surface area contributed by atoms with Crippen molar-refractivity contribution in [1.82, 2.24) is 15.0 Å². The van der Waals surface area contributed by atoms with Crippen molar-refractivity contribution in [1.29, 1.82) is 0 Å². The topological polar surface area (TPSA) is 81.6 Å². The molecule has 0 unspecified atom stereocenters. The largest absolute Gasteiger partial charge is 0.459 e. The zero-order valence-electron chi connectivity index (χ0n) is 12.5. The van der Waals surface area contributed by atoms with Gasteiger partial charge in [-0.15, -0.1) is 0 Å². The minimum atomic E-state index is -0.391. The van der Waals surface area contributed by atoms with Crippen LogP contribution in [0.1, 0.15) is 27.8 Å². The van der Waals surface area contributed by atoms with E-state index in [1.165, 1.54) is 0 Å². The van der Waals surface area contributed by atoms with Gasteiger partial charge in [-0.3, -0.25) is 4.79 Å². The first-order valence-electron chi connectivity index (χ1n) is 7.32. The van der Waals surface area contributed by atoms with Gasteiger partial charge in [-0.05, 0) is 19.9 Å². The van der Waals surface area contributed by atoms with Gasteiger partial charge in [0.25, 0.3) is 5.91 Å². The number of hydrogen-bond donors (Lipinski definition) is 0. The molecule has 0 saturated carbocycles. The van der Waals surface area contributed by atoms with E-state index in [0.717, 1.165) is 5.56 Å². The smallest absolute Gasteiger partial charge is 0.289 e. The van der Waals surface area contributed by atoms with Crippen LogP contribution >= 0.6 is 0 Å². The molecule has 2 aliphatic heterocycles. The van der Waals surface area contributed by atoms with Crippen LogP contribution in [0, 0.1) is 19.8 Å². The third kappa shape index (κ3) is 1.81. The molecule has 0 spiro atoms. The molecule has 0 radical (unpaired) electrons. The molecular weight excluding hydrogens is 286 g/mol. The Morgan fingerprint density at radius 1 is 1.45 bits per heavy atom. The Labute approximate surface area is 127 Å². The molecule has 22 heavy (non-hydrogen) atoms. The lowest BCUT2D eigenvalue weighted by Crippen LogP contribution is -2.37. The molecule has 2 aromatic rings. The van der Waals surface area contributed by atoms with Gasteiger partial charge in [-0.1, -0.05) is 5.16 Å². The van der Waals surface area contributed by atoms with Crippen molar-refractivity contribution in [2.45, 2.75) is 19.3 Å². The molecule has 2 aromatic heterocycles. The summed E-state index contributed by atoms with van der Waals surface area (Å²) in [6, 6.07) is 1.80. The zero-order chi connectivity index (χ0) is 15.3. The van der Waals surface area contributed by atoms with E-state index in [4.69, 9.17) is 13.7 Å². The maximum Gasteiger partial charge on any atom is 0.289 e. The predicted octanol–water partition coefficient (Wildman–Crippen LogP) is 1.32. The van der Waals surface area contributed by atoms with Gasteiger partial charge in [-0.25, -0.2) is 0 Å². The molecule has 1 amide bonds. The second-order valence-electron chi connectivity index (χ2n) is 6.13. The van der Waals surface area contributed by atoms with Crippen LogP contribution in [-0.4, -0.2) is 47.3 Å². The fourth-order valence-corrected chi connectivity index (χ4v) is 3.43. The fourth-order valence-electron chi connectivity index (χ4n) is 3.43. The van der Waals surface area contributed by atoms with E-state index < -0.39 is 5.41 Å². The van der Waals surface area contributed by atoms with Crippen LogP contribution < -0.4 is 0 Å². The quantitative estimate of drug-likeness (QED) is 0.832. The van der Waals surface area contributed by atoms with Crippen molar-refractivity contribution in [3.8, 4) is 0 Å². The number of carbonyl (C=O) groups is 1. The zero-order valence-corrected chi connectivity index (χ0v) is 12.5. The molecule has 0 bridgehead atoms. The molecule has 7 nitrogen and oxygen atoms in total. The molecule has 4 heterocycles. The highest BCUT2D eigenvalue weighted by Crippen LogP contribution is 2.43. The fraction of sp³-hybridized carbons (Fsp3) is 0.533. The van der Waals surface area contributed by atoms with Crippen LogP contribution in [-0.2, 0) is 10.2 Å². The van der Waals surface area contributed by atoms with Crippen LogP contribution in [0.5, 0.6) is 0 Å². The van der Waals surface area contributed by atoms with Gasteiger partial charge in [0.2, 0.25) is 5.89 Å². The molecule has 4 rings (SSSR count).